The van der Waals surface area contributed by atoms with Gasteiger partial charge in [0.15, 0.2) is 11.5 Å². The van der Waals surface area contributed by atoms with E-state index >= 15 is 0 Å². The number of carbonyl (C=O) groups is 1. The number of nitriles is 1. The second-order valence-electron chi connectivity index (χ2n) is 5.66. The highest BCUT2D eigenvalue weighted by molar-refractivity contribution is 6.31. The van der Waals surface area contributed by atoms with Crippen LogP contribution in [0.4, 0.5) is 5.69 Å². The van der Waals surface area contributed by atoms with Crippen LogP contribution < -0.4 is 14.8 Å². The summed E-state index contributed by atoms with van der Waals surface area (Å²) < 4.78 is 11.1. The van der Waals surface area contributed by atoms with Crippen molar-refractivity contribution in [3.8, 4) is 17.6 Å². The van der Waals surface area contributed by atoms with E-state index in [4.69, 9.17) is 21.1 Å². The first-order chi connectivity index (χ1) is 13.0. The number of nitrogens with one attached hydrogen (secondary N) is 1. The topological polar surface area (TPSA) is 71.3 Å². The van der Waals surface area contributed by atoms with E-state index < -0.39 is 5.91 Å². The molecule has 0 aliphatic rings. The van der Waals surface area contributed by atoms with Crippen LogP contribution in [0.3, 0.4) is 0 Å². The van der Waals surface area contributed by atoms with E-state index in [1.165, 1.54) is 6.08 Å². The molecule has 2 aromatic carbocycles. The number of nitrogens with zero attached hydrogens (tertiary/aromatic N) is 1. The summed E-state index contributed by atoms with van der Waals surface area (Å²) in [5.74, 6) is 0.681. The maximum atomic E-state index is 12.5. The zero-order valence-electron chi connectivity index (χ0n) is 15.5. The number of benzene rings is 2. The van der Waals surface area contributed by atoms with Gasteiger partial charge in [-0.2, -0.15) is 5.26 Å². The summed E-state index contributed by atoms with van der Waals surface area (Å²) in [6.07, 6.45) is 1.51. The van der Waals surface area contributed by atoms with Gasteiger partial charge >= 0.3 is 0 Å². The first kappa shape index (κ1) is 20.3. The molecular formula is C21H21ClN2O3. The Labute approximate surface area is 164 Å². The molecule has 0 aliphatic carbocycles. The highest BCUT2D eigenvalue weighted by Gasteiger charge is 2.12. The Kier molecular flexibility index (Phi) is 7.27. The largest absolute Gasteiger partial charge is 0.490 e. The molecule has 0 spiro atoms. The van der Waals surface area contributed by atoms with Crippen molar-refractivity contribution in [2.24, 2.45) is 0 Å². The Balaban J connectivity index is 2.29. The van der Waals surface area contributed by atoms with Crippen LogP contribution in [0.2, 0.25) is 5.02 Å². The molecule has 0 aliphatic heterocycles. The molecule has 0 fully saturated rings. The van der Waals surface area contributed by atoms with Gasteiger partial charge in [-0.1, -0.05) is 23.7 Å². The quantitative estimate of drug-likeness (QED) is 0.539. The molecule has 140 valence electrons. The first-order valence-electron chi connectivity index (χ1n) is 8.57. The SMILES string of the molecule is CCOc1ccc(/C=C(\C#N)C(=O)Nc2cc(Cl)ccc2C)cc1OCC. The number of ether oxygens (including phenoxy) is 2. The smallest absolute Gasteiger partial charge is 0.266 e. The third-order valence-electron chi connectivity index (χ3n) is 3.69. The molecule has 0 atom stereocenters. The Morgan fingerprint density at radius 3 is 2.52 bits per heavy atom. The van der Waals surface area contributed by atoms with E-state index in [9.17, 15) is 10.1 Å². The summed E-state index contributed by atoms with van der Waals surface area (Å²) in [5.41, 5.74) is 2.05. The van der Waals surface area contributed by atoms with Crippen molar-refractivity contribution in [2.75, 3.05) is 18.5 Å². The third kappa shape index (κ3) is 5.50. The van der Waals surface area contributed by atoms with Crippen LogP contribution in [0.5, 0.6) is 11.5 Å². The van der Waals surface area contributed by atoms with E-state index in [0.29, 0.717) is 41.0 Å². The molecule has 1 amide bonds. The van der Waals surface area contributed by atoms with Gasteiger partial charge in [-0.05, 0) is 62.2 Å². The normalized spacial score (nSPS) is 10.9. The van der Waals surface area contributed by atoms with Gasteiger partial charge in [-0.25, -0.2) is 0 Å². The predicted molar refractivity (Wildman–Crippen MR) is 107 cm³/mol. The van der Waals surface area contributed by atoms with Gasteiger partial charge in [0.2, 0.25) is 0 Å². The summed E-state index contributed by atoms with van der Waals surface area (Å²) in [6.45, 7) is 6.61. The second-order valence-corrected chi connectivity index (χ2v) is 6.09. The molecule has 2 rings (SSSR count). The van der Waals surface area contributed by atoms with E-state index in [1.54, 1.807) is 36.4 Å². The maximum absolute atomic E-state index is 12.5. The first-order valence-corrected chi connectivity index (χ1v) is 8.95. The minimum absolute atomic E-state index is 0.0269. The summed E-state index contributed by atoms with van der Waals surface area (Å²) in [6, 6.07) is 12.4. The van der Waals surface area contributed by atoms with Crippen molar-refractivity contribution < 1.29 is 14.3 Å². The summed E-state index contributed by atoms with van der Waals surface area (Å²) >= 11 is 5.97. The molecule has 0 saturated carbocycles. The van der Waals surface area contributed by atoms with Gasteiger partial charge < -0.3 is 14.8 Å². The van der Waals surface area contributed by atoms with Crippen molar-refractivity contribution in [1.82, 2.24) is 0 Å². The lowest BCUT2D eigenvalue weighted by Gasteiger charge is -2.11. The Hall–Kier alpha value is -2.97. The van der Waals surface area contributed by atoms with Crippen molar-refractivity contribution in [3.63, 3.8) is 0 Å². The van der Waals surface area contributed by atoms with Gasteiger partial charge in [0, 0.05) is 10.7 Å². The molecule has 27 heavy (non-hydrogen) atoms. The highest BCUT2D eigenvalue weighted by Crippen LogP contribution is 2.29. The minimum atomic E-state index is -0.505. The van der Waals surface area contributed by atoms with Crippen molar-refractivity contribution >= 4 is 29.3 Å². The van der Waals surface area contributed by atoms with Gasteiger partial charge in [-0.15, -0.1) is 0 Å². The van der Waals surface area contributed by atoms with Gasteiger partial charge in [0.1, 0.15) is 11.6 Å². The Morgan fingerprint density at radius 2 is 1.85 bits per heavy atom. The monoisotopic (exact) mass is 384 g/mol. The number of rotatable bonds is 7. The van der Waals surface area contributed by atoms with Crippen molar-refractivity contribution in [2.45, 2.75) is 20.8 Å². The van der Waals surface area contributed by atoms with Crippen LogP contribution in [0, 0.1) is 18.3 Å². The van der Waals surface area contributed by atoms with E-state index in [-0.39, 0.29) is 5.57 Å². The van der Waals surface area contributed by atoms with Crippen LogP contribution in [0.15, 0.2) is 42.0 Å². The number of anilines is 1. The molecular weight excluding hydrogens is 364 g/mol. The summed E-state index contributed by atoms with van der Waals surface area (Å²) in [4.78, 5) is 12.5. The molecule has 2 aromatic rings. The zero-order chi connectivity index (χ0) is 19.8. The lowest BCUT2D eigenvalue weighted by molar-refractivity contribution is -0.112. The fourth-order valence-corrected chi connectivity index (χ4v) is 2.56. The van der Waals surface area contributed by atoms with Crippen LogP contribution in [0.25, 0.3) is 6.08 Å². The number of halogens is 1. The lowest BCUT2D eigenvalue weighted by Crippen LogP contribution is -2.14. The van der Waals surface area contributed by atoms with E-state index in [1.807, 2.05) is 26.8 Å². The van der Waals surface area contributed by atoms with Gasteiger partial charge in [0.25, 0.3) is 5.91 Å². The second kappa shape index (κ2) is 9.65. The molecule has 0 radical (unpaired) electrons. The fraction of sp³-hybridized carbons (Fsp3) is 0.238. The molecule has 0 saturated heterocycles. The average Bonchev–Trinajstić information content (AvgIpc) is 2.65. The van der Waals surface area contributed by atoms with Crippen LogP contribution in [-0.2, 0) is 4.79 Å². The number of aryl methyl sites for hydroxylation is 1. The average molecular weight is 385 g/mol. The number of hydrogen-bond donors (Lipinski definition) is 1. The van der Waals surface area contributed by atoms with Crippen LogP contribution in [0.1, 0.15) is 25.0 Å². The number of hydrogen-bond acceptors (Lipinski definition) is 4. The summed E-state index contributed by atoms with van der Waals surface area (Å²) in [5, 5.41) is 12.6. The molecule has 0 bridgehead atoms. The Morgan fingerprint density at radius 1 is 1.15 bits per heavy atom. The van der Waals surface area contributed by atoms with Gasteiger partial charge in [0.05, 0.1) is 13.2 Å². The number of carbonyl (C=O) groups excluding carboxylic acids is 1. The van der Waals surface area contributed by atoms with E-state index in [0.717, 1.165) is 5.56 Å². The standard InChI is InChI=1S/C21H21ClN2O3/c1-4-26-19-9-7-15(11-20(19)27-5-2)10-16(13-23)21(25)24-18-12-17(22)8-6-14(18)3/h6-12H,4-5H2,1-3H3,(H,24,25)/b16-10+. The third-order valence-corrected chi connectivity index (χ3v) is 3.93. The fourth-order valence-electron chi connectivity index (χ4n) is 2.39. The Bertz CT molecular complexity index is 901. The van der Waals surface area contributed by atoms with Crippen molar-refractivity contribution in [3.05, 3.63) is 58.1 Å². The minimum Gasteiger partial charge on any atom is -0.490 e. The number of amides is 1. The molecule has 6 heteroatoms. The zero-order valence-corrected chi connectivity index (χ0v) is 16.3. The van der Waals surface area contributed by atoms with Gasteiger partial charge in [-0.3, -0.25) is 4.79 Å². The molecule has 0 unspecified atom stereocenters. The molecule has 5 nitrogen and oxygen atoms in total. The summed E-state index contributed by atoms with van der Waals surface area (Å²) in [7, 11) is 0. The van der Waals surface area contributed by atoms with Crippen molar-refractivity contribution in [1.29, 1.82) is 5.26 Å². The maximum Gasteiger partial charge on any atom is 0.266 e. The highest BCUT2D eigenvalue weighted by atomic mass is 35.5. The molecule has 0 heterocycles. The molecule has 0 aromatic heterocycles. The predicted octanol–water partition coefficient (Wildman–Crippen LogP) is 4.99. The van der Waals surface area contributed by atoms with Crippen LogP contribution in [-0.4, -0.2) is 19.1 Å². The van der Waals surface area contributed by atoms with Crippen LogP contribution >= 0.6 is 11.6 Å². The van der Waals surface area contributed by atoms with E-state index in [2.05, 4.69) is 5.32 Å². The lowest BCUT2D eigenvalue weighted by atomic mass is 10.1. The molecule has 1 N–H and O–H groups in total.